The minimum Gasteiger partial charge on any atom is -0.490 e. The molecule has 0 bridgehead atoms. The molecule has 5 nitrogen and oxygen atoms in total. The topological polar surface area (TPSA) is 48.0 Å². The number of benzene rings is 2. The summed E-state index contributed by atoms with van der Waals surface area (Å²) in [6.07, 6.45) is 6.34. The highest BCUT2D eigenvalue weighted by atomic mass is 16.6. The zero-order chi connectivity index (χ0) is 20.8. The Morgan fingerprint density at radius 2 is 1.90 bits per heavy atom. The number of hydrogen-bond donors (Lipinski definition) is 0. The summed E-state index contributed by atoms with van der Waals surface area (Å²) in [7, 11) is 0. The molecule has 1 saturated carbocycles. The van der Waals surface area contributed by atoms with Crippen LogP contribution < -0.4 is 14.2 Å². The monoisotopic (exact) mass is 409 g/mol. The Morgan fingerprint density at radius 1 is 1.10 bits per heavy atom. The fourth-order valence-electron chi connectivity index (χ4n) is 4.22. The Morgan fingerprint density at radius 3 is 2.73 bits per heavy atom. The first-order valence-electron chi connectivity index (χ1n) is 11.1. The van der Waals surface area contributed by atoms with Gasteiger partial charge in [0.15, 0.2) is 11.5 Å². The van der Waals surface area contributed by atoms with Crippen LogP contribution in [-0.4, -0.2) is 36.7 Å². The largest absolute Gasteiger partial charge is 0.490 e. The van der Waals surface area contributed by atoms with Crippen LogP contribution >= 0.6 is 0 Å². The summed E-state index contributed by atoms with van der Waals surface area (Å²) in [6.45, 7) is 4.32. The zero-order valence-electron chi connectivity index (χ0n) is 17.8. The van der Waals surface area contributed by atoms with E-state index in [9.17, 15) is 4.79 Å². The summed E-state index contributed by atoms with van der Waals surface area (Å²) in [5.41, 5.74) is 2.14. The van der Waals surface area contributed by atoms with Gasteiger partial charge in [-0.2, -0.15) is 0 Å². The van der Waals surface area contributed by atoms with E-state index in [0.29, 0.717) is 45.2 Å². The van der Waals surface area contributed by atoms with Crippen molar-refractivity contribution in [3.63, 3.8) is 0 Å². The van der Waals surface area contributed by atoms with Crippen molar-refractivity contribution in [2.45, 2.75) is 58.1 Å². The number of ether oxygens (including phenoxy) is 3. The van der Waals surface area contributed by atoms with Crippen LogP contribution in [0, 0.1) is 0 Å². The first kappa shape index (κ1) is 20.6. The number of rotatable bonds is 8. The number of carbonyl (C=O) groups excluding carboxylic acids is 1. The van der Waals surface area contributed by atoms with Crippen LogP contribution in [-0.2, 0) is 17.8 Å². The molecule has 2 aromatic rings. The predicted molar refractivity (Wildman–Crippen MR) is 116 cm³/mol. The van der Waals surface area contributed by atoms with E-state index in [1.165, 1.54) is 12.8 Å². The van der Waals surface area contributed by atoms with Gasteiger partial charge in [0.1, 0.15) is 19.0 Å². The summed E-state index contributed by atoms with van der Waals surface area (Å²) < 4.78 is 17.6. The van der Waals surface area contributed by atoms with Gasteiger partial charge in [0.25, 0.3) is 0 Å². The molecule has 1 amide bonds. The molecule has 0 spiro atoms. The maximum Gasteiger partial charge on any atom is 0.223 e. The normalized spacial score (nSPS) is 15.8. The van der Waals surface area contributed by atoms with Gasteiger partial charge < -0.3 is 19.1 Å². The van der Waals surface area contributed by atoms with Crippen molar-refractivity contribution in [2.24, 2.45) is 0 Å². The molecule has 160 valence electrons. The summed E-state index contributed by atoms with van der Waals surface area (Å²) in [6, 6.07) is 14.1. The molecular weight excluding hydrogens is 378 g/mol. The first-order valence-corrected chi connectivity index (χ1v) is 11.1. The number of carbonyl (C=O) groups is 1. The molecule has 5 heteroatoms. The van der Waals surface area contributed by atoms with Crippen molar-refractivity contribution in [3.8, 4) is 17.2 Å². The Hall–Kier alpha value is -2.69. The van der Waals surface area contributed by atoms with Crippen molar-refractivity contribution in [1.29, 1.82) is 0 Å². The van der Waals surface area contributed by atoms with E-state index in [4.69, 9.17) is 14.2 Å². The molecular formula is C25H31NO4. The van der Waals surface area contributed by atoms with Crippen molar-refractivity contribution >= 4 is 5.91 Å². The zero-order valence-corrected chi connectivity index (χ0v) is 17.8. The third-order valence-corrected chi connectivity index (χ3v) is 5.87. The lowest BCUT2D eigenvalue weighted by Gasteiger charge is -2.25. The van der Waals surface area contributed by atoms with Crippen molar-refractivity contribution in [1.82, 2.24) is 4.90 Å². The lowest BCUT2D eigenvalue weighted by Crippen LogP contribution is -2.31. The molecule has 1 aliphatic heterocycles. The third kappa shape index (κ3) is 5.07. The summed E-state index contributed by atoms with van der Waals surface area (Å²) in [5, 5.41) is 0. The van der Waals surface area contributed by atoms with Gasteiger partial charge in [0, 0.05) is 25.1 Å². The van der Waals surface area contributed by atoms with Crippen LogP contribution in [0.25, 0.3) is 0 Å². The lowest BCUT2D eigenvalue weighted by atomic mass is 10.1. The molecule has 2 aromatic carbocycles. The fraction of sp³-hybridized carbons (Fsp3) is 0.480. The van der Waals surface area contributed by atoms with E-state index in [1.807, 2.05) is 42.2 Å². The van der Waals surface area contributed by atoms with Gasteiger partial charge in [-0.25, -0.2) is 0 Å². The summed E-state index contributed by atoms with van der Waals surface area (Å²) in [4.78, 5) is 14.8. The van der Waals surface area contributed by atoms with Crippen molar-refractivity contribution in [3.05, 3.63) is 53.6 Å². The molecule has 0 N–H and O–H groups in total. The lowest BCUT2D eigenvalue weighted by molar-refractivity contribution is -0.131. The Bertz CT molecular complexity index is 860. The maximum atomic E-state index is 12.9. The van der Waals surface area contributed by atoms with Crippen LogP contribution in [0.2, 0.25) is 0 Å². The minimum atomic E-state index is 0.147. The number of fused-ring (bicyclic) bond motifs is 1. The van der Waals surface area contributed by atoms with Gasteiger partial charge in [-0.3, -0.25) is 4.79 Å². The standard InChI is InChI=1S/C25H31NO4/c1-2-26(18-20-8-6-12-23-25(20)29-16-15-28-23)24(27)14-13-19-7-5-11-22(17-19)30-21-9-3-4-10-21/h5-8,11-12,17,21H,2-4,9-10,13-16,18H2,1H3. The van der Waals surface area contributed by atoms with Crippen LogP contribution in [0.4, 0.5) is 0 Å². The molecule has 4 rings (SSSR count). The highest BCUT2D eigenvalue weighted by Gasteiger charge is 2.20. The van der Waals surface area contributed by atoms with Gasteiger partial charge in [0.05, 0.1) is 6.10 Å². The maximum absolute atomic E-state index is 12.9. The molecule has 0 aromatic heterocycles. The second kappa shape index (κ2) is 9.88. The van der Waals surface area contributed by atoms with E-state index in [0.717, 1.165) is 41.2 Å². The fourth-order valence-corrected chi connectivity index (χ4v) is 4.22. The SMILES string of the molecule is CCN(Cc1cccc2c1OCCO2)C(=O)CCc1cccc(OC2CCCC2)c1. The second-order valence-corrected chi connectivity index (χ2v) is 8.02. The van der Waals surface area contributed by atoms with Crippen molar-refractivity contribution in [2.75, 3.05) is 19.8 Å². The van der Waals surface area contributed by atoms with E-state index in [2.05, 4.69) is 12.1 Å². The summed E-state index contributed by atoms with van der Waals surface area (Å²) >= 11 is 0. The smallest absolute Gasteiger partial charge is 0.223 e. The average Bonchev–Trinajstić information content (AvgIpc) is 3.29. The highest BCUT2D eigenvalue weighted by Crippen LogP contribution is 2.34. The van der Waals surface area contributed by atoms with E-state index >= 15 is 0 Å². The number of aryl methyl sites for hydroxylation is 1. The molecule has 1 fully saturated rings. The van der Waals surface area contributed by atoms with Gasteiger partial charge in [-0.1, -0.05) is 24.3 Å². The van der Waals surface area contributed by atoms with Crippen LogP contribution in [0.1, 0.15) is 50.2 Å². The molecule has 0 atom stereocenters. The Labute approximate surface area is 178 Å². The van der Waals surface area contributed by atoms with Crippen molar-refractivity contribution < 1.29 is 19.0 Å². The molecule has 0 saturated heterocycles. The van der Waals surface area contributed by atoms with E-state index < -0.39 is 0 Å². The summed E-state index contributed by atoms with van der Waals surface area (Å²) in [5.74, 6) is 2.61. The number of amides is 1. The van der Waals surface area contributed by atoms with Gasteiger partial charge >= 0.3 is 0 Å². The molecule has 2 aliphatic rings. The predicted octanol–water partition coefficient (Wildman–Crippen LogP) is 4.76. The Kier molecular flexibility index (Phi) is 6.77. The van der Waals surface area contributed by atoms with Crippen LogP contribution in [0.3, 0.4) is 0 Å². The molecule has 1 heterocycles. The number of hydrogen-bond acceptors (Lipinski definition) is 4. The molecule has 0 unspecified atom stereocenters. The van der Waals surface area contributed by atoms with E-state index in [1.54, 1.807) is 0 Å². The van der Waals surface area contributed by atoms with Gasteiger partial charge in [-0.05, 0) is 62.8 Å². The quantitative estimate of drug-likeness (QED) is 0.631. The average molecular weight is 410 g/mol. The minimum absolute atomic E-state index is 0.147. The second-order valence-electron chi connectivity index (χ2n) is 8.02. The first-order chi connectivity index (χ1) is 14.7. The molecule has 1 aliphatic carbocycles. The van der Waals surface area contributed by atoms with Gasteiger partial charge in [-0.15, -0.1) is 0 Å². The van der Waals surface area contributed by atoms with Gasteiger partial charge in [0.2, 0.25) is 5.91 Å². The highest BCUT2D eigenvalue weighted by molar-refractivity contribution is 5.76. The van der Waals surface area contributed by atoms with E-state index in [-0.39, 0.29) is 5.91 Å². The number of para-hydroxylation sites is 1. The van der Waals surface area contributed by atoms with Crippen LogP contribution in [0.5, 0.6) is 17.2 Å². The number of nitrogens with zero attached hydrogens (tertiary/aromatic N) is 1. The third-order valence-electron chi connectivity index (χ3n) is 5.87. The molecule has 0 radical (unpaired) electrons. The van der Waals surface area contributed by atoms with Crippen LogP contribution in [0.15, 0.2) is 42.5 Å². The Balaban J connectivity index is 1.35. The molecule has 30 heavy (non-hydrogen) atoms.